The lowest BCUT2D eigenvalue weighted by Gasteiger charge is -2.40. The third kappa shape index (κ3) is 15.6. The van der Waals surface area contributed by atoms with Crippen molar-refractivity contribution in [3.8, 4) is 0 Å². The zero-order chi connectivity index (χ0) is 29.8. The van der Waals surface area contributed by atoms with Gasteiger partial charge in [-0.15, -0.1) is 0 Å². The van der Waals surface area contributed by atoms with Gasteiger partial charge in [0.15, 0.2) is 6.29 Å². The van der Waals surface area contributed by atoms with Gasteiger partial charge in [-0.05, 0) is 19.3 Å². The van der Waals surface area contributed by atoms with E-state index in [1.165, 1.54) is 32.1 Å². The van der Waals surface area contributed by atoms with Crippen LogP contribution in [0.15, 0.2) is 0 Å². The molecule has 236 valence electrons. The summed E-state index contributed by atoms with van der Waals surface area (Å²) in [4.78, 5) is 24.2. The summed E-state index contributed by atoms with van der Waals surface area (Å²) in [5.74, 6) is -1.62. The molecular formula is C30H56O10. The summed E-state index contributed by atoms with van der Waals surface area (Å²) in [6.45, 7) is 3.73. The number of carboxylic acids is 1. The fourth-order valence-electron chi connectivity index (χ4n) is 5.06. The normalized spacial score (nSPS) is 24.5. The summed E-state index contributed by atoms with van der Waals surface area (Å²) in [5, 5.41) is 49.4. The highest BCUT2D eigenvalue weighted by Gasteiger charge is 2.45. The molecule has 0 aliphatic carbocycles. The van der Waals surface area contributed by atoms with Crippen LogP contribution in [-0.2, 0) is 23.8 Å². The van der Waals surface area contributed by atoms with Crippen molar-refractivity contribution in [1.29, 1.82) is 0 Å². The predicted octanol–water partition coefficient (Wildman–Crippen LogP) is 4.23. The molecule has 5 N–H and O–H groups in total. The molecule has 1 aliphatic heterocycles. The number of ether oxygens (including phenoxy) is 3. The molecule has 0 aromatic heterocycles. The Morgan fingerprint density at radius 1 is 0.700 bits per heavy atom. The molecule has 0 spiro atoms. The minimum Gasteiger partial charge on any atom is -0.481 e. The zero-order valence-electron chi connectivity index (χ0n) is 24.8. The van der Waals surface area contributed by atoms with Gasteiger partial charge in [-0.3, -0.25) is 9.59 Å². The molecule has 1 heterocycles. The molecule has 1 saturated heterocycles. The lowest BCUT2D eigenvalue weighted by molar-refractivity contribution is -0.312. The first-order valence-electron chi connectivity index (χ1n) is 15.6. The van der Waals surface area contributed by atoms with Gasteiger partial charge in [0.1, 0.15) is 30.5 Å². The Bertz CT molecular complexity index is 658. The molecule has 7 unspecified atom stereocenters. The molecule has 0 saturated carbocycles. The molecule has 0 radical (unpaired) electrons. The van der Waals surface area contributed by atoms with Crippen LogP contribution < -0.4 is 0 Å². The van der Waals surface area contributed by atoms with Crippen molar-refractivity contribution < 1.29 is 49.3 Å². The van der Waals surface area contributed by atoms with E-state index < -0.39 is 61.5 Å². The van der Waals surface area contributed by atoms with E-state index in [4.69, 9.17) is 14.2 Å². The molecule has 10 heteroatoms. The second kappa shape index (κ2) is 22.3. The van der Waals surface area contributed by atoms with Gasteiger partial charge in [0.2, 0.25) is 0 Å². The fraction of sp³-hybridized carbons (Fsp3) is 0.933. The van der Waals surface area contributed by atoms with Gasteiger partial charge in [0, 0.05) is 0 Å². The van der Waals surface area contributed by atoms with Gasteiger partial charge in [-0.2, -0.15) is 0 Å². The highest BCUT2D eigenvalue weighted by molar-refractivity contribution is 5.72. The van der Waals surface area contributed by atoms with E-state index in [2.05, 4.69) is 13.8 Å². The van der Waals surface area contributed by atoms with Crippen molar-refractivity contribution >= 4 is 11.9 Å². The van der Waals surface area contributed by atoms with Crippen LogP contribution in [0.2, 0.25) is 0 Å². The SMILES string of the molecule is CCCCCCCCCCCC(CC(=O)OC(CCCCCCC)CC(=O)O)OC1OC(CO)C(O)C(O)C1O. The van der Waals surface area contributed by atoms with Crippen LogP contribution in [0, 0.1) is 0 Å². The van der Waals surface area contributed by atoms with Crippen molar-refractivity contribution in [3.63, 3.8) is 0 Å². The Labute approximate surface area is 240 Å². The topological polar surface area (TPSA) is 163 Å². The number of aliphatic hydroxyl groups is 4. The number of aliphatic hydroxyl groups excluding tert-OH is 4. The maximum Gasteiger partial charge on any atom is 0.308 e. The lowest BCUT2D eigenvalue weighted by atomic mass is 9.99. The second-order valence-corrected chi connectivity index (χ2v) is 11.2. The first-order chi connectivity index (χ1) is 19.2. The molecule has 1 fully saturated rings. The number of aliphatic carboxylic acids is 1. The molecule has 7 atom stereocenters. The smallest absolute Gasteiger partial charge is 0.308 e. The Morgan fingerprint density at radius 2 is 1.20 bits per heavy atom. The third-order valence-corrected chi connectivity index (χ3v) is 7.53. The van der Waals surface area contributed by atoms with Crippen LogP contribution in [0.5, 0.6) is 0 Å². The summed E-state index contributed by atoms with van der Waals surface area (Å²) in [7, 11) is 0. The minimum atomic E-state index is -1.58. The van der Waals surface area contributed by atoms with Crippen LogP contribution in [-0.4, -0.2) is 87.0 Å². The standard InChI is InChI=1S/C30H56O10/c1-3-5-7-9-10-11-12-14-16-18-23(39-30-29(37)28(36)27(35)24(21-31)40-30)20-26(34)38-22(19-25(32)33)17-15-13-8-6-4-2/h22-24,27-31,35-37H,3-21H2,1-2H3,(H,32,33). The van der Waals surface area contributed by atoms with E-state index in [-0.39, 0.29) is 12.8 Å². The van der Waals surface area contributed by atoms with Gasteiger partial charge in [0.05, 0.1) is 25.6 Å². The summed E-state index contributed by atoms with van der Waals surface area (Å²) >= 11 is 0. The highest BCUT2D eigenvalue weighted by atomic mass is 16.7. The Hall–Kier alpha value is -1.30. The minimum absolute atomic E-state index is 0.169. The number of hydrogen-bond acceptors (Lipinski definition) is 9. The van der Waals surface area contributed by atoms with Gasteiger partial charge in [-0.25, -0.2) is 0 Å². The number of esters is 1. The van der Waals surface area contributed by atoms with Crippen LogP contribution >= 0.6 is 0 Å². The largest absolute Gasteiger partial charge is 0.481 e. The molecule has 1 rings (SSSR count). The van der Waals surface area contributed by atoms with Gasteiger partial charge >= 0.3 is 11.9 Å². The summed E-state index contributed by atoms with van der Waals surface area (Å²) in [6, 6.07) is 0. The summed E-state index contributed by atoms with van der Waals surface area (Å²) in [6.07, 6.45) is 7.00. The van der Waals surface area contributed by atoms with Crippen molar-refractivity contribution in [1.82, 2.24) is 0 Å². The number of carbonyl (C=O) groups excluding carboxylic acids is 1. The quantitative estimate of drug-likeness (QED) is 0.0830. The van der Waals surface area contributed by atoms with Crippen LogP contribution in [0.4, 0.5) is 0 Å². The molecule has 10 nitrogen and oxygen atoms in total. The maximum absolute atomic E-state index is 12.9. The molecular weight excluding hydrogens is 520 g/mol. The zero-order valence-corrected chi connectivity index (χ0v) is 24.8. The Morgan fingerprint density at radius 3 is 1.70 bits per heavy atom. The number of rotatable bonds is 24. The van der Waals surface area contributed by atoms with E-state index in [0.717, 1.165) is 57.8 Å². The van der Waals surface area contributed by atoms with Gasteiger partial charge in [0.25, 0.3) is 0 Å². The van der Waals surface area contributed by atoms with Crippen molar-refractivity contribution in [3.05, 3.63) is 0 Å². The molecule has 0 bridgehead atoms. The number of carbonyl (C=O) groups is 2. The van der Waals surface area contributed by atoms with Crippen LogP contribution in [0.1, 0.15) is 129 Å². The first-order valence-corrected chi connectivity index (χ1v) is 15.6. The average Bonchev–Trinajstić information content (AvgIpc) is 2.91. The van der Waals surface area contributed by atoms with Crippen LogP contribution in [0.25, 0.3) is 0 Å². The Balaban J connectivity index is 2.71. The predicted molar refractivity (Wildman–Crippen MR) is 151 cm³/mol. The number of hydrogen-bond donors (Lipinski definition) is 5. The summed E-state index contributed by atoms with van der Waals surface area (Å²) in [5.41, 5.74) is 0. The van der Waals surface area contributed by atoms with Crippen molar-refractivity contribution in [2.24, 2.45) is 0 Å². The molecule has 40 heavy (non-hydrogen) atoms. The average molecular weight is 577 g/mol. The highest BCUT2D eigenvalue weighted by Crippen LogP contribution is 2.26. The molecule has 0 amide bonds. The van der Waals surface area contributed by atoms with E-state index in [1.807, 2.05) is 0 Å². The monoisotopic (exact) mass is 576 g/mol. The lowest BCUT2D eigenvalue weighted by Crippen LogP contribution is -2.59. The summed E-state index contributed by atoms with van der Waals surface area (Å²) < 4.78 is 17.0. The maximum atomic E-state index is 12.9. The van der Waals surface area contributed by atoms with E-state index >= 15 is 0 Å². The Kier molecular flexibility index (Phi) is 20.5. The van der Waals surface area contributed by atoms with Crippen LogP contribution in [0.3, 0.4) is 0 Å². The third-order valence-electron chi connectivity index (χ3n) is 7.53. The molecule has 0 aromatic rings. The fourth-order valence-corrected chi connectivity index (χ4v) is 5.06. The molecule has 1 aliphatic rings. The van der Waals surface area contributed by atoms with Crippen molar-refractivity contribution in [2.45, 2.75) is 172 Å². The van der Waals surface area contributed by atoms with Gasteiger partial charge in [-0.1, -0.05) is 97.3 Å². The van der Waals surface area contributed by atoms with E-state index in [9.17, 15) is 35.1 Å². The number of carboxylic acid groups (broad SMARTS) is 1. The number of unbranched alkanes of at least 4 members (excludes halogenated alkanes) is 12. The van der Waals surface area contributed by atoms with E-state index in [1.54, 1.807) is 0 Å². The molecule has 0 aromatic carbocycles. The van der Waals surface area contributed by atoms with E-state index in [0.29, 0.717) is 12.8 Å². The van der Waals surface area contributed by atoms with Gasteiger partial charge < -0.3 is 39.7 Å². The second-order valence-electron chi connectivity index (χ2n) is 11.2. The first kappa shape index (κ1) is 36.7. The van der Waals surface area contributed by atoms with Crippen molar-refractivity contribution in [2.75, 3.05) is 6.61 Å².